The highest BCUT2D eigenvalue weighted by atomic mass is 16.5. The molecule has 4 heteroatoms. The van der Waals surface area contributed by atoms with Crippen LogP contribution in [0.15, 0.2) is 35.5 Å². The SMILES string of the molecule is N/C(=C/C1=NCCO1)c1ccccn1. The standard InChI is InChI=1S/C10H11N3O/c11-8(7-10-13-5-6-14-10)9-3-1-2-4-12-9/h1-4,7H,5-6,11H2/b8-7+. The third kappa shape index (κ3) is 1.90. The topological polar surface area (TPSA) is 60.5 Å². The molecule has 0 unspecified atom stereocenters. The van der Waals surface area contributed by atoms with E-state index in [2.05, 4.69) is 9.98 Å². The number of nitrogens with two attached hydrogens (primary N) is 1. The normalized spacial score (nSPS) is 16.3. The first-order valence-electron chi connectivity index (χ1n) is 4.42. The lowest BCUT2D eigenvalue weighted by Crippen LogP contribution is -2.03. The minimum atomic E-state index is 0.575. The minimum absolute atomic E-state index is 0.575. The van der Waals surface area contributed by atoms with Gasteiger partial charge in [0.1, 0.15) is 6.61 Å². The van der Waals surface area contributed by atoms with Crippen LogP contribution < -0.4 is 5.73 Å². The number of aromatic nitrogens is 1. The molecule has 1 aromatic rings. The number of pyridine rings is 1. The van der Waals surface area contributed by atoms with Gasteiger partial charge in [-0.15, -0.1) is 0 Å². The predicted octanol–water partition coefficient (Wildman–Crippen LogP) is 0.810. The summed E-state index contributed by atoms with van der Waals surface area (Å²) in [7, 11) is 0. The van der Waals surface area contributed by atoms with Crippen LogP contribution in [0, 0.1) is 0 Å². The Balaban J connectivity index is 2.19. The van der Waals surface area contributed by atoms with Crippen LogP contribution in [0.4, 0.5) is 0 Å². The summed E-state index contributed by atoms with van der Waals surface area (Å²) in [5.41, 5.74) is 7.13. The maximum atomic E-state index is 5.81. The van der Waals surface area contributed by atoms with Gasteiger partial charge in [-0.1, -0.05) is 6.07 Å². The Morgan fingerprint density at radius 1 is 1.50 bits per heavy atom. The Morgan fingerprint density at radius 2 is 2.43 bits per heavy atom. The molecule has 0 saturated carbocycles. The molecule has 0 aliphatic carbocycles. The smallest absolute Gasteiger partial charge is 0.210 e. The molecule has 4 nitrogen and oxygen atoms in total. The Morgan fingerprint density at radius 3 is 3.07 bits per heavy atom. The number of hydrogen-bond acceptors (Lipinski definition) is 4. The van der Waals surface area contributed by atoms with E-state index in [0.717, 1.165) is 5.69 Å². The fraction of sp³-hybridized carbons (Fsp3) is 0.200. The third-order valence-corrected chi connectivity index (χ3v) is 1.85. The average Bonchev–Trinajstić information content (AvgIpc) is 2.72. The molecule has 0 radical (unpaired) electrons. The molecule has 0 atom stereocenters. The van der Waals surface area contributed by atoms with Gasteiger partial charge in [-0.05, 0) is 12.1 Å². The van der Waals surface area contributed by atoms with Crippen molar-refractivity contribution in [3.8, 4) is 0 Å². The number of rotatable bonds is 2. The minimum Gasteiger partial charge on any atom is -0.476 e. The molecule has 72 valence electrons. The molecule has 2 rings (SSSR count). The first-order chi connectivity index (χ1) is 6.86. The first-order valence-corrected chi connectivity index (χ1v) is 4.42. The largest absolute Gasteiger partial charge is 0.476 e. The molecular weight excluding hydrogens is 178 g/mol. The molecule has 0 bridgehead atoms. The van der Waals surface area contributed by atoms with Crippen molar-refractivity contribution in [1.29, 1.82) is 0 Å². The van der Waals surface area contributed by atoms with Gasteiger partial charge in [-0.3, -0.25) is 4.98 Å². The number of aliphatic imine (C=N–C) groups is 1. The predicted molar refractivity (Wildman–Crippen MR) is 54.7 cm³/mol. The molecule has 0 fully saturated rings. The Bertz CT molecular complexity index is 370. The Kier molecular flexibility index (Phi) is 2.44. The quantitative estimate of drug-likeness (QED) is 0.748. The number of ether oxygens (including phenoxy) is 1. The summed E-state index contributed by atoms with van der Waals surface area (Å²) in [5.74, 6) is 0.591. The van der Waals surface area contributed by atoms with Crippen molar-refractivity contribution in [2.24, 2.45) is 10.7 Å². The Hall–Kier alpha value is -1.84. The van der Waals surface area contributed by atoms with E-state index >= 15 is 0 Å². The molecule has 0 aromatic carbocycles. The number of hydrogen-bond donors (Lipinski definition) is 1. The molecule has 0 spiro atoms. The van der Waals surface area contributed by atoms with Crippen LogP contribution in [0.3, 0.4) is 0 Å². The fourth-order valence-electron chi connectivity index (χ4n) is 1.18. The van der Waals surface area contributed by atoms with E-state index in [4.69, 9.17) is 10.5 Å². The molecular formula is C10H11N3O. The highest BCUT2D eigenvalue weighted by Crippen LogP contribution is 2.06. The highest BCUT2D eigenvalue weighted by Gasteiger charge is 2.05. The van der Waals surface area contributed by atoms with E-state index < -0.39 is 0 Å². The van der Waals surface area contributed by atoms with Crippen LogP contribution in [0.5, 0.6) is 0 Å². The van der Waals surface area contributed by atoms with Gasteiger partial charge in [-0.2, -0.15) is 0 Å². The van der Waals surface area contributed by atoms with Crippen molar-refractivity contribution >= 4 is 11.6 Å². The summed E-state index contributed by atoms with van der Waals surface area (Å²) in [5, 5.41) is 0. The monoisotopic (exact) mass is 189 g/mol. The van der Waals surface area contributed by atoms with Crippen molar-refractivity contribution < 1.29 is 4.74 Å². The molecule has 0 saturated heterocycles. The molecule has 2 heterocycles. The third-order valence-electron chi connectivity index (χ3n) is 1.85. The molecule has 1 aromatic heterocycles. The van der Waals surface area contributed by atoms with Crippen LogP contribution in [0.25, 0.3) is 5.70 Å². The summed E-state index contributed by atoms with van der Waals surface area (Å²) < 4.78 is 5.21. The summed E-state index contributed by atoms with van der Waals surface area (Å²) >= 11 is 0. The van der Waals surface area contributed by atoms with Gasteiger partial charge in [0, 0.05) is 12.3 Å². The molecule has 1 aliphatic rings. The van der Waals surface area contributed by atoms with Crippen molar-refractivity contribution in [3.63, 3.8) is 0 Å². The summed E-state index contributed by atoms with van der Waals surface area (Å²) in [6, 6.07) is 5.59. The maximum Gasteiger partial charge on any atom is 0.210 e. The highest BCUT2D eigenvalue weighted by molar-refractivity contribution is 5.94. The maximum absolute atomic E-state index is 5.81. The van der Waals surface area contributed by atoms with E-state index in [0.29, 0.717) is 24.7 Å². The van der Waals surface area contributed by atoms with Crippen molar-refractivity contribution in [1.82, 2.24) is 4.98 Å². The van der Waals surface area contributed by atoms with E-state index in [1.54, 1.807) is 12.3 Å². The zero-order valence-corrected chi connectivity index (χ0v) is 7.68. The van der Waals surface area contributed by atoms with Crippen LogP contribution in [-0.2, 0) is 4.74 Å². The van der Waals surface area contributed by atoms with Crippen LogP contribution >= 0.6 is 0 Å². The second kappa shape index (κ2) is 3.91. The summed E-state index contributed by atoms with van der Waals surface area (Å²) in [6.07, 6.45) is 3.41. The molecule has 1 aliphatic heterocycles. The number of nitrogens with zero attached hydrogens (tertiary/aromatic N) is 2. The first kappa shape index (κ1) is 8.74. The van der Waals surface area contributed by atoms with Gasteiger partial charge < -0.3 is 10.5 Å². The van der Waals surface area contributed by atoms with E-state index in [9.17, 15) is 0 Å². The van der Waals surface area contributed by atoms with Gasteiger partial charge in [0.25, 0.3) is 0 Å². The Labute approximate surface area is 82.1 Å². The van der Waals surface area contributed by atoms with Crippen molar-refractivity contribution in [3.05, 3.63) is 36.2 Å². The van der Waals surface area contributed by atoms with Crippen molar-refractivity contribution in [2.75, 3.05) is 13.2 Å². The van der Waals surface area contributed by atoms with E-state index in [-0.39, 0.29) is 0 Å². The van der Waals surface area contributed by atoms with E-state index in [1.807, 2.05) is 18.2 Å². The van der Waals surface area contributed by atoms with Gasteiger partial charge in [0.15, 0.2) is 0 Å². The molecule has 2 N–H and O–H groups in total. The second-order valence-corrected chi connectivity index (χ2v) is 2.88. The lowest BCUT2D eigenvalue weighted by molar-refractivity contribution is 0.350. The lowest BCUT2D eigenvalue weighted by Gasteiger charge is -2.00. The molecule has 14 heavy (non-hydrogen) atoms. The van der Waals surface area contributed by atoms with Crippen molar-refractivity contribution in [2.45, 2.75) is 0 Å². The average molecular weight is 189 g/mol. The fourth-order valence-corrected chi connectivity index (χ4v) is 1.18. The van der Waals surface area contributed by atoms with Crippen LogP contribution in [0.1, 0.15) is 5.69 Å². The van der Waals surface area contributed by atoms with Gasteiger partial charge in [0.05, 0.1) is 17.9 Å². The van der Waals surface area contributed by atoms with Crippen LogP contribution in [0.2, 0.25) is 0 Å². The van der Waals surface area contributed by atoms with Gasteiger partial charge in [0.2, 0.25) is 5.90 Å². The van der Waals surface area contributed by atoms with Crippen LogP contribution in [-0.4, -0.2) is 24.0 Å². The summed E-state index contributed by atoms with van der Waals surface area (Å²) in [6.45, 7) is 1.35. The molecule has 0 amide bonds. The lowest BCUT2D eigenvalue weighted by atomic mass is 10.2. The zero-order valence-electron chi connectivity index (χ0n) is 7.68. The second-order valence-electron chi connectivity index (χ2n) is 2.88. The van der Waals surface area contributed by atoms with Gasteiger partial charge >= 0.3 is 0 Å². The van der Waals surface area contributed by atoms with E-state index in [1.165, 1.54) is 0 Å². The van der Waals surface area contributed by atoms with Gasteiger partial charge in [-0.25, -0.2) is 4.99 Å². The summed E-state index contributed by atoms with van der Waals surface area (Å²) in [4.78, 5) is 8.23. The zero-order chi connectivity index (χ0) is 9.80.